The molecule has 2 fully saturated rings. The zero-order chi connectivity index (χ0) is 20.7. The van der Waals surface area contributed by atoms with Crippen molar-refractivity contribution in [1.82, 2.24) is 19.8 Å². The highest BCUT2D eigenvalue weighted by molar-refractivity contribution is 5.97. The number of likely N-dealkylation sites (tertiary alicyclic amines) is 2. The van der Waals surface area contributed by atoms with E-state index < -0.39 is 0 Å². The Hall–Kier alpha value is -2.66. The molecule has 5 rings (SSSR count). The molecule has 0 radical (unpaired) electrons. The van der Waals surface area contributed by atoms with Gasteiger partial charge in [0.25, 0.3) is 5.91 Å². The highest BCUT2D eigenvalue weighted by atomic mass is 16.2. The lowest BCUT2D eigenvalue weighted by atomic mass is 9.63. The predicted molar refractivity (Wildman–Crippen MR) is 119 cm³/mol. The molecule has 3 heterocycles. The van der Waals surface area contributed by atoms with Gasteiger partial charge < -0.3 is 9.88 Å². The lowest BCUT2D eigenvalue weighted by molar-refractivity contribution is -0.112. The van der Waals surface area contributed by atoms with Gasteiger partial charge in [-0.3, -0.25) is 9.69 Å². The van der Waals surface area contributed by atoms with Crippen molar-refractivity contribution < 1.29 is 4.79 Å². The van der Waals surface area contributed by atoms with Crippen molar-refractivity contribution in [2.24, 2.45) is 11.3 Å². The normalized spacial score (nSPS) is 21.3. The maximum atomic E-state index is 13.1. The number of piperidine rings is 1. The number of fused-ring (bicyclic) bond motifs is 1. The molecule has 1 N–H and O–H groups in total. The minimum atomic E-state index is 0.129. The molecule has 3 aromatic rings. The van der Waals surface area contributed by atoms with E-state index in [1.165, 1.54) is 5.56 Å². The number of rotatable bonds is 4. The molecule has 5 nitrogen and oxygen atoms in total. The molecule has 30 heavy (non-hydrogen) atoms. The Morgan fingerprint density at radius 1 is 1.17 bits per heavy atom. The van der Waals surface area contributed by atoms with Gasteiger partial charge in [0.2, 0.25) is 0 Å². The monoisotopic (exact) mass is 402 g/mol. The number of aromatic nitrogens is 2. The van der Waals surface area contributed by atoms with Gasteiger partial charge in [-0.05, 0) is 42.5 Å². The lowest BCUT2D eigenvalue weighted by Crippen LogP contribution is -2.63. The van der Waals surface area contributed by atoms with Crippen LogP contribution in [0.5, 0.6) is 0 Å². The molecule has 2 aliphatic heterocycles. The van der Waals surface area contributed by atoms with E-state index in [2.05, 4.69) is 59.0 Å². The Labute approximate surface area is 178 Å². The second kappa shape index (κ2) is 7.55. The Bertz CT molecular complexity index is 1030. The van der Waals surface area contributed by atoms with Gasteiger partial charge in [-0.25, -0.2) is 4.98 Å². The first-order chi connectivity index (χ1) is 14.6. The number of carbonyl (C=O) groups is 1. The maximum Gasteiger partial charge on any atom is 0.253 e. The van der Waals surface area contributed by atoms with Crippen molar-refractivity contribution in [2.45, 2.75) is 32.7 Å². The number of imidazole rings is 1. The molecule has 156 valence electrons. The average Bonchev–Trinajstić information content (AvgIpc) is 3.21. The summed E-state index contributed by atoms with van der Waals surface area (Å²) >= 11 is 0. The number of benzene rings is 2. The van der Waals surface area contributed by atoms with Crippen molar-refractivity contribution in [3.8, 4) is 0 Å². The maximum absolute atomic E-state index is 13.1. The van der Waals surface area contributed by atoms with Crippen LogP contribution in [0.25, 0.3) is 11.0 Å². The number of amides is 1. The van der Waals surface area contributed by atoms with Crippen molar-refractivity contribution in [1.29, 1.82) is 0 Å². The molecule has 2 saturated heterocycles. The van der Waals surface area contributed by atoms with Crippen LogP contribution < -0.4 is 0 Å². The van der Waals surface area contributed by atoms with Crippen LogP contribution in [-0.2, 0) is 0 Å². The molecule has 0 saturated carbocycles. The van der Waals surface area contributed by atoms with Gasteiger partial charge in [-0.15, -0.1) is 0 Å². The van der Waals surface area contributed by atoms with E-state index in [4.69, 9.17) is 0 Å². The molecule has 2 aromatic carbocycles. The SMILES string of the molecule is CC(C)CN1CC2(CCN(C(=O)c3ccc4[nH]cnc4c3)CC2)C1c1ccccc1. The Kier molecular flexibility index (Phi) is 4.86. The van der Waals surface area contributed by atoms with Crippen LogP contribution >= 0.6 is 0 Å². The molecule has 0 aliphatic carbocycles. The van der Waals surface area contributed by atoms with Crippen molar-refractivity contribution in [3.05, 3.63) is 66.0 Å². The molecule has 1 amide bonds. The first-order valence-corrected chi connectivity index (χ1v) is 11.1. The minimum absolute atomic E-state index is 0.129. The smallest absolute Gasteiger partial charge is 0.253 e. The first kappa shape index (κ1) is 19.3. The first-order valence-electron chi connectivity index (χ1n) is 11.1. The molecular formula is C25H30N4O. The van der Waals surface area contributed by atoms with Gasteiger partial charge in [0.05, 0.1) is 17.4 Å². The zero-order valence-corrected chi connectivity index (χ0v) is 17.8. The molecule has 1 spiro atoms. The largest absolute Gasteiger partial charge is 0.345 e. The predicted octanol–water partition coefficient (Wildman–Crippen LogP) is 4.50. The van der Waals surface area contributed by atoms with Gasteiger partial charge in [0.1, 0.15) is 0 Å². The van der Waals surface area contributed by atoms with Crippen LogP contribution in [0.15, 0.2) is 54.9 Å². The minimum Gasteiger partial charge on any atom is -0.345 e. The second-order valence-electron chi connectivity index (χ2n) is 9.43. The summed E-state index contributed by atoms with van der Waals surface area (Å²) in [6.07, 6.45) is 3.81. The topological polar surface area (TPSA) is 52.2 Å². The highest BCUT2D eigenvalue weighted by Crippen LogP contribution is 2.55. The number of carbonyl (C=O) groups excluding carboxylic acids is 1. The summed E-state index contributed by atoms with van der Waals surface area (Å²) in [5.74, 6) is 0.788. The molecule has 5 heteroatoms. The van der Waals surface area contributed by atoms with Crippen molar-refractivity contribution >= 4 is 16.9 Å². The molecule has 1 unspecified atom stereocenters. The van der Waals surface area contributed by atoms with E-state index in [1.807, 2.05) is 23.1 Å². The van der Waals surface area contributed by atoms with Crippen LogP contribution in [0.3, 0.4) is 0 Å². The van der Waals surface area contributed by atoms with E-state index >= 15 is 0 Å². The van der Waals surface area contributed by atoms with E-state index in [9.17, 15) is 4.79 Å². The third-order valence-electron chi connectivity index (χ3n) is 6.89. The van der Waals surface area contributed by atoms with E-state index in [-0.39, 0.29) is 5.91 Å². The van der Waals surface area contributed by atoms with E-state index in [1.54, 1.807) is 6.33 Å². The van der Waals surface area contributed by atoms with Crippen LogP contribution in [-0.4, -0.2) is 51.9 Å². The van der Waals surface area contributed by atoms with Crippen LogP contribution in [0.4, 0.5) is 0 Å². The van der Waals surface area contributed by atoms with E-state index in [0.717, 1.165) is 55.6 Å². The van der Waals surface area contributed by atoms with Gasteiger partial charge in [0.15, 0.2) is 0 Å². The summed E-state index contributed by atoms with van der Waals surface area (Å²) in [7, 11) is 0. The number of aromatic amines is 1. The Morgan fingerprint density at radius 2 is 1.93 bits per heavy atom. The summed E-state index contributed by atoms with van der Waals surface area (Å²) in [6.45, 7) is 8.53. The van der Waals surface area contributed by atoms with Gasteiger partial charge in [-0.2, -0.15) is 0 Å². The Morgan fingerprint density at radius 3 is 2.67 bits per heavy atom. The standard InChI is InChI=1S/C25H30N4O/c1-18(2)15-29-16-25(23(29)19-6-4-3-5-7-19)10-12-28(13-11-25)24(30)20-8-9-21-22(14-20)27-17-26-21/h3-9,14,17-18,23H,10-13,15-16H2,1-2H3,(H,26,27). The van der Waals surface area contributed by atoms with Crippen LogP contribution in [0, 0.1) is 11.3 Å². The fourth-order valence-electron chi connectivity index (χ4n) is 5.53. The quantitative estimate of drug-likeness (QED) is 0.699. The number of H-pyrrole nitrogens is 1. The molecule has 2 aliphatic rings. The second-order valence-corrected chi connectivity index (χ2v) is 9.43. The number of hydrogen-bond donors (Lipinski definition) is 1. The molecule has 0 bridgehead atoms. The summed E-state index contributed by atoms with van der Waals surface area (Å²) in [5.41, 5.74) is 4.27. The van der Waals surface area contributed by atoms with Crippen LogP contribution in [0.1, 0.15) is 48.7 Å². The summed E-state index contributed by atoms with van der Waals surface area (Å²) < 4.78 is 0. The number of hydrogen-bond acceptors (Lipinski definition) is 3. The third kappa shape index (κ3) is 3.31. The van der Waals surface area contributed by atoms with Gasteiger partial charge in [-0.1, -0.05) is 44.2 Å². The van der Waals surface area contributed by atoms with Gasteiger partial charge >= 0.3 is 0 Å². The average molecular weight is 403 g/mol. The summed E-state index contributed by atoms with van der Waals surface area (Å²) in [6, 6.07) is 17.2. The zero-order valence-electron chi connectivity index (χ0n) is 17.8. The Balaban J connectivity index is 1.32. The number of nitrogens with zero attached hydrogens (tertiary/aromatic N) is 3. The number of nitrogens with one attached hydrogen (secondary N) is 1. The lowest BCUT2D eigenvalue weighted by Gasteiger charge is -2.61. The fourth-order valence-corrected chi connectivity index (χ4v) is 5.53. The van der Waals surface area contributed by atoms with Crippen molar-refractivity contribution in [3.63, 3.8) is 0 Å². The summed E-state index contributed by atoms with van der Waals surface area (Å²) in [5, 5.41) is 0. The van der Waals surface area contributed by atoms with Gasteiger partial charge in [0, 0.05) is 43.2 Å². The molecule has 1 atom stereocenters. The van der Waals surface area contributed by atoms with E-state index in [0.29, 0.717) is 17.4 Å². The summed E-state index contributed by atoms with van der Waals surface area (Å²) in [4.78, 5) is 25.2. The highest BCUT2D eigenvalue weighted by Gasteiger charge is 2.54. The molecular weight excluding hydrogens is 372 g/mol. The third-order valence-corrected chi connectivity index (χ3v) is 6.89. The fraction of sp³-hybridized carbons (Fsp3) is 0.440. The van der Waals surface area contributed by atoms with Crippen LogP contribution in [0.2, 0.25) is 0 Å². The molecule has 1 aromatic heterocycles. The van der Waals surface area contributed by atoms with Crippen molar-refractivity contribution in [2.75, 3.05) is 26.2 Å².